The van der Waals surface area contributed by atoms with Crippen molar-refractivity contribution in [3.63, 3.8) is 0 Å². The zero-order chi connectivity index (χ0) is 14.4. The smallest absolute Gasteiger partial charge is 0.324 e. The number of ether oxygens (including phenoxy) is 1. The highest BCUT2D eigenvalue weighted by molar-refractivity contribution is 5.99. The number of carbonyl (C=O) groups is 1. The third-order valence-electron chi connectivity index (χ3n) is 2.66. The summed E-state index contributed by atoms with van der Waals surface area (Å²) in [7, 11) is 0. The molecule has 0 radical (unpaired) electrons. The molecule has 0 spiro atoms. The first-order valence-electron chi connectivity index (χ1n) is 6.41. The molecular weight excluding hydrogens is 254 g/mol. The Morgan fingerprint density at radius 1 is 1.20 bits per heavy atom. The Morgan fingerprint density at radius 3 is 2.60 bits per heavy atom. The molecule has 2 rings (SSSR count). The Bertz CT molecular complexity index is 582. The molecule has 0 aliphatic rings. The average Bonchev–Trinajstić information content (AvgIpc) is 2.44. The lowest BCUT2D eigenvalue weighted by Crippen LogP contribution is -2.20. The molecule has 0 fully saturated rings. The van der Waals surface area contributed by atoms with Gasteiger partial charge in [0.05, 0.1) is 6.61 Å². The van der Waals surface area contributed by atoms with Gasteiger partial charge in [0, 0.05) is 11.9 Å². The van der Waals surface area contributed by atoms with Crippen LogP contribution in [0.1, 0.15) is 12.5 Å². The fraction of sp³-hybridized carbons (Fsp3) is 0.200. The molecule has 1 aromatic heterocycles. The second-order valence-corrected chi connectivity index (χ2v) is 4.21. The fourth-order valence-electron chi connectivity index (χ4n) is 1.69. The van der Waals surface area contributed by atoms with E-state index in [1.807, 2.05) is 38.1 Å². The molecule has 2 aromatic rings. The van der Waals surface area contributed by atoms with Gasteiger partial charge in [0.15, 0.2) is 0 Å². The van der Waals surface area contributed by atoms with Crippen LogP contribution in [0.25, 0.3) is 0 Å². The number of hydrogen-bond acceptors (Lipinski definition) is 3. The minimum atomic E-state index is -0.323. The van der Waals surface area contributed by atoms with Gasteiger partial charge in [-0.05, 0) is 49.7 Å². The van der Waals surface area contributed by atoms with Gasteiger partial charge in [-0.1, -0.05) is 6.07 Å². The van der Waals surface area contributed by atoms with E-state index in [2.05, 4.69) is 15.6 Å². The number of aryl methyl sites for hydroxylation is 1. The Kier molecular flexibility index (Phi) is 4.55. The second kappa shape index (κ2) is 6.56. The Morgan fingerprint density at radius 2 is 1.95 bits per heavy atom. The van der Waals surface area contributed by atoms with E-state index in [9.17, 15) is 4.79 Å². The summed E-state index contributed by atoms with van der Waals surface area (Å²) in [5, 5.41) is 5.45. The van der Waals surface area contributed by atoms with E-state index in [0.717, 1.165) is 11.3 Å². The monoisotopic (exact) mass is 271 g/mol. The van der Waals surface area contributed by atoms with Crippen molar-refractivity contribution in [1.29, 1.82) is 0 Å². The molecule has 0 saturated carbocycles. The summed E-state index contributed by atoms with van der Waals surface area (Å²) < 4.78 is 5.34. The van der Waals surface area contributed by atoms with Gasteiger partial charge in [-0.25, -0.2) is 9.78 Å². The summed E-state index contributed by atoms with van der Waals surface area (Å²) in [6, 6.07) is 10.6. The molecule has 0 saturated heterocycles. The van der Waals surface area contributed by atoms with Crippen molar-refractivity contribution < 1.29 is 9.53 Å². The number of nitrogens with one attached hydrogen (secondary N) is 2. The molecule has 0 unspecified atom stereocenters. The van der Waals surface area contributed by atoms with E-state index >= 15 is 0 Å². The van der Waals surface area contributed by atoms with Crippen LogP contribution in [-0.4, -0.2) is 17.6 Å². The third kappa shape index (κ3) is 3.71. The van der Waals surface area contributed by atoms with E-state index in [-0.39, 0.29) is 6.03 Å². The van der Waals surface area contributed by atoms with Crippen LogP contribution in [0.5, 0.6) is 5.75 Å². The van der Waals surface area contributed by atoms with Crippen LogP contribution in [0.3, 0.4) is 0 Å². The van der Waals surface area contributed by atoms with Crippen LogP contribution < -0.4 is 15.4 Å². The first kappa shape index (κ1) is 13.9. The van der Waals surface area contributed by atoms with Gasteiger partial charge >= 0.3 is 6.03 Å². The van der Waals surface area contributed by atoms with Gasteiger partial charge in [-0.3, -0.25) is 5.32 Å². The number of amides is 2. The summed E-state index contributed by atoms with van der Waals surface area (Å²) in [4.78, 5) is 16.0. The van der Waals surface area contributed by atoms with Crippen LogP contribution in [0.4, 0.5) is 16.3 Å². The zero-order valence-electron chi connectivity index (χ0n) is 11.5. The van der Waals surface area contributed by atoms with E-state index in [1.165, 1.54) is 0 Å². The van der Waals surface area contributed by atoms with E-state index in [0.29, 0.717) is 18.1 Å². The van der Waals surface area contributed by atoms with Crippen LogP contribution >= 0.6 is 0 Å². The summed E-state index contributed by atoms with van der Waals surface area (Å²) in [5.41, 5.74) is 1.61. The number of anilines is 2. The maximum atomic E-state index is 11.9. The van der Waals surface area contributed by atoms with Gasteiger partial charge in [-0.2, -0.15) is 0 Å². The molecule has 2 N–H and O–H groups in total. The molecular formula is C15H17N3O2. The SMILES string of the molecule is CCOc1ccc(NC(=O)Nc2ncccc2C)cc1. The minimum Gasteiger partial charge on any atom is -0.494 e. The maximum absolute atomic E-state index is 11.9. The van der Waals surface area contributed by atoms with Crippen molar-refractivity contribution in [2.45, 2.75) is 13.8 Å². The van der Waals surface area contributed by atoms with Crippen LogP contribution in [0.15, 0.2) is 42.6 Å². The quantitative estimate of drug-likeness (QED) is 0.895. The Labute approximate surface area is 118 Å². The lowest BCUT2D eigenvalue weighted by Gasteiger charge is -2.09. The van der Waals surface area contributed by atoms with Crippen LogP contribution in [-0.2, 0) is 0 Å². The standard InChI is InChI=1S/C15H17N3O2/c1-3-20-13-8-6-12(7-9-13)17-15(19)18-14-11(2)5-4-10-16-14/h4-10H,3H2,1-2H3,(H2,16,17,18,19). The number of carbonyl (C=O) groups excluding carboxylic acids is 1. The Hall–Kier alpha value is -2.56. The number of benzene rings is 1. The highest BCUT2D eigenvalue weighted by Gasteiger charge is 2.05. The lowest BCUT2D eigenvalue weighted by atomic mass is 10.3. The molecule has 2 amide bonds. The molecule has 5 nitrogen and oxygen atoms in total. The number of aromatic nitrogens is 1. The van der Waals surface area contributed by atoms with Crippen molar-refractivity contribution in [3.05, 3.63) is 48.2 Å². The predicted octanol–water partition coefficient (Wildman–Crippen LogP) is 3.43. The Balaban J connectivity index is 1.96. The molecule has 104 valence electrons. The van der Waals surface area contributed by atoms with Crippen molar-refractivity contribution in [2.24, 2.45) is 0 Å². The molecule has 0 aliphatic carbocycles. The zero-order valence-corrected chi connectivity index (χ0v) is 11.5. The molecule has 0 bridgehead atoms. The normalized spacial score (nSPS) is 9.90. The first-order chi connectivity index (χ1) is 9.69. The summed E-state index contributed by atoms with van der Waals surface area (Å²) in [6.07, 6.45) is 1.64. The number of pyridine rings is 1. The van der Waals surface area contributed by atoms with E-state index in [4.69, 9.17) is 4.74 Å². The van der Waals surface area contributed by atoms with E-state index in [1.54, 1.807) is 18.3 Å². The second-order valence-electron chi connectivity index (χ2n) is 4.21. The topological polar surface area (TPSA) is 63.2 Å². The summed E-state index contributed by atoms with van der Waals surface area (Å²) in [5.74, 6) is 1.33. The summed E-state index contributed by atoms with van der Waals surface area (Å²) >= 11 is 0. The number of urea groups is 1. The largest absolute Gasteiger partial charge is 0.494 e. The molecule has 5 heteroatoms. The highest BCUT2D eigenvalue weighted by Crippen LogP contribution is 2.16. The first-order valence-corrected chi connectivity index (χ1v) is 6.41. The number of nitrogens with zero attached hydrogens (tertiary/aromatic N) is 1. The van der Waals surface area contributed by atoms with Crippen molar-refractivity contribution in [2.75, 3.05) is 17.2 Å². The van der Waals surface area contributed by atoms with Gasteiger partial charge < -0.3 is 10.1 Å². The van der Waals surface area contributed by atoms with Crippen molar-refractivity contribution in [3.8, 4) is 5.75 Å². The lowest BCUT2D eigenvalue weighted by molar-refractivity contribution is 0.262. The molecule has 1 aromatic carbocycles. The van der Waals surface area contributed by atoms with Gasteiger partial charge in [-0.15, -0.1) is 0 Å². The van der Waals surface area contributed by atoms with Crippen molar-refractivity contribution >= 4 is 17.5 Å². The molecule has 1 heterocycles. The molecule has 20 heavy (non-hydrogen) atoms. The van der Waals surface area contributed by atoms with Gasteiger partial charge in [0.25, 0.3) is 0 Å². The van der Waals surface area contributed by atoms with Gasteiger partial charge in [0.2, 0.25) is 0 Å². The average molecular weight is 271 g/mol. The van der Waals surface area contributed by atoms with Crippen LogP contribution in [0.2, 0.25) is 0 Å². The van der Waals surface area contributed by atoms with E-state index < -0.39 is 0 Å². The third-order valence-corrected chi connectivity index (χ3v) is 2.66. The molecule has 0 aliphatic heterocycles. The number of rotatable bonds is 4. The minimum absolute atomic E-state index is 0.323. The van der Waals surface area contributed by atoms with Gasteiger partial charge in [0.1, 0.15) is 11.6 Å². The maximum Gasteiger partial charge on any atom is 0.324 e. The molecule has 0 atom stereocenters. The van der Waals surface area contributed by atoms with Crippen molar-refractivity contribution in [1.82, 2.24) is 4.98 Å². The highest BCUT2D eigenvalue weighted by atomic mass is 16.5. The fourth-order valence-corrected chi connectivity index (χ4v) is 1.69. The predicted molar refractivity (Wildman–Crippen MR) is 79.2 cm³/mol. The number of hydrogen-bond donors (Lipinski definition) is 2. The van der Waals surface area contributed by atoms with Crippen LogP contribution in [0, 0.1) is 6.92 Å². The summed E-state index contributed by atoms with van der Waals surface area (Å²) in [6.45, 7) is 4.43.